The van der Waals surface area contributed by atoms with Gasteiger partial charge in [-0.2, -0.15) is 13.2 Å². The van der Waals surface area contributed by atoms with Gasteiger partial charge < -0.3 is 10.1 Å². The molecule has 1 N–H and O–H groups in total. The van der Waals surface area contributed by atoms with Gasteiger partial charge in [0.25, 0.3) is 0 Å². The number of rotatable bonds is 7. The molecule has 1 amide bonds. The summed E-state index contributed by atoms with van der Waals surface area (Å²) in [6.07, 6.45) is -3.41. The van der Waals surface area contributed by atoms with E-state index in [2.05, 4.69) is 6.58 Å². The van der Waals surface area contributed by atoms with Crippen molar-refractivity contribution in [2.45, 2.75) is 19.1 Å². The van der Waals surface area contributed by atoms with Crippen LogP contribution in [0.3, 0.4) is 0 Å². The maximum atomic E-state index is 12.2. The highest BCUT2D eigenvalue weighted by Gasteiger charge is 2.39. The Kier molecular flexibility index (Phi) is 6.30. The highest BCUT2D eigenvalue weighted by atomic mass is 19.4. The molecule has 0 heterocycles. The Morgan fingerprint density at radius 1 is 1.32 bits per heavy atom. The molecule has 0 aliphatic rings. The molecule has 0 radical (unpaired) electrons. The standard InChI is InChI=1S/C15H16F3NO3/c1-3-8-22-9-13(20)12-6-4-11(5-7-12)10(2)19-14(21)15(16,17)18/h3-7,10H,1,8-9H2,2H3,(H,19,21)/t10-/m0/s1. The third kappa shape index (κ3) is 5.33. The van der Waals surface area contributed by atoms with Crippen molar-refractivity contribution in [3.8, 4) is 0 Å². The van der Waals surface area contributed by atoms with Crippen molar-refractivity contribution in [3.05, 3.63) is 48.0 Å². The lowest BCUT2D eigenvalue weighted by molar-refractivity contribution is -0.174. The Morgan fingerprint density at radius 3 is 2.41 bits per heavy atom. The van der Waals surface area contributed by atoms with E-state index < -0.39 is 18.1 Å². The number of ketones is 1. The number of benzene rings is 1. The summed E-state index contributed by atoms with van der Waals surface area (Å²) >= 11 is 0. The molecule has 0 unspecified atom stereocenters. The average molecular weight is 315 g/mol. The smallest absolute Gasteiger partial charge is 0.369 e. The highest BCUT2D eigenvalue weighted by Crippen LogP contribution is 2.19. The number of halogens is 3. The minimum Gasteiger partial charge on any atom is -0.369 e. The number of alkyl halides is 3. The number of ether oxygens (including phenoxy) is 1. The normalized spacial score (nSPS) is 12.5. The van der Waals surface area contributed by atoms with Gasteiger partial charge in [0, 0.05) is 5.56 Å². The zero-order valence-corrected chi connectivity index (χ0v) is 11.9. The fourth-order valence-corrected chi connectivity index (χ4v) is 1.64. The van der Waals surface area contributed by atoms with Gasteiger partial charge in [-0.25, -0.2) is 0 Å². The van der Waals surface area contributed by atoms with Gasteiger partial charge in [-0.3, -0.25) is 9.59 Å². The molecule has 0 spiro atoms. The highest BCUT2D eigenvalue weighted by molar-refractivity contribution is 5.97. The second kappa shape index (κ2) is 7.74. The molecule has 0 aromatic heterocycles. The Labute approximate surface area is 126 Å². The molecule has 0 aliphatic heterocycles. The van der Waals surface area contributed by atoms with Gasteiger partial charge in [-0.15, -0.1) is 6.58 Å². The lowest BCUT2D eigenvalue weighted by Crippen LogP contribution is -2.38. The largest absolute Gasteiger partial charge is 0.471 e. The van der Waals surface area contributed by atoms with Crippen LogP contribution < -0.4 is 5.32 Å². The fraction of sp³-hybridized carbons (Fsp3) is 0.333. The zero-order chi connectivity index (χ0) is 16.8. The van der Waals surface area contributed by atoms with Gasteiger partial charge in [0.1, 0.15) is 6.61 Å². The van der Waals surface area contributed by atoms with E-state index in [4.69, 9.17) is 4.74 Å². The SMILES string of the molecule is C=CCOCC(=O)c1ccc([C@H](C)NC(=O)C(F)(F)F)cc1. The summed E-state index contributed by atoms with van der Waals surface area (Å²) in [5.74, 6) is -2.25. The third-order valence-corrected chi connectivity index (χ3v) is 2.81. The van der Waals surface area contributed by atoms with E-state index in [0.717, 1.165) is 0 Å². The fourth-order valence-electron chi connectivity index (χ4n) is 1.64. The van der Waals surface area contributed by atoms with Crippen LogP contribution in [0.25, 0.3) is 0 Å². The molecule has 0 saturated carbocycles. The van der Waals surface area contributed by atoms with Crippen LogP contribution in [-0.4, -0.2) is 31.1 Å². The number of nitrogens with one attached hydrogen (secondary N) is 1. The van der Waals surface area contributed by atoms with Gasteiger partial charge in [-0.05, 0) is 12.5 Å². The van der Waals surface area contributed by atoms with Crippen molar-refractivity contribution in [2.24, 2.45) is 0 Å². The van der Waals surface area contributed by atoms with Crippen molar-refractivity contribution in [1.82, 2.24) is 5.32 Å². The first-order valence-corrected chi connectivity index (χ1v) is 6.45. The monoisotopic (exact) mass is 315 g/mol. The molecule has 120 valence electrons. The van der Waals surface area contributed by atoms with Crippen LogP contribution in [0, 0.1) is 0 Å². The number of hydrogen-bond acceptors (Lipinski definition) is 3. The van der Waals surface area contributed by atoms with Crippen molar-refractivity contribution < 1.29 is 27.5 Å². The van der Waals surface area contributed by atoms with Crippen molar-refractivity contribution >= 4 is 11.7 Å². The molecular formula is C15H16F3NO3. The summed E-state index contributed by atoms with van der Waals surface area (Å²) < 4.78 is 41.5. The van der Waals surface area contributed by atoms with Gasteiger partial charge in [0.2, 0.25) is 0 Å². The van der Waals surface area contributed by atoms with E-state index in [0.29, 0.717) is 11.1 Å². The topological polar surface area (TPSA) is 55.4 Å². The Bertz CT molecular complexity index is 538. The van der Waals surface area contributed by atoms with E-state index in [1.54, 1.807) is 0 Å². The van der Waals surface area contributed by atoms with Gasteiger partial charge >= 0.3 is 12.1 Å². The van der Waals surface area contributed by atoms with Crippen LogP contribution in [0.2, 0.25) is 0 Å². The van der Waals surface area contributed by atoms with E-state index in [1.807, 2.05) is 5.32 Å². The Balaban J connectivity index is 2.66. The molecule has 1 atom stereocenters. The molecule has 0 saturated heterocycles. The number of carbonyl (C=O) groups is 2. The molecule has 7 heteroatoms. The summed E-state index contributed by atoms with van der Waals surface area (Å²) in [7, 11) is 0. The molecule has 1 rings (SSSR count). The number of Topliss-reactive ketones (excluding diaryl/α,β-unsaturated/α-hetero) is 1. The summed E-state index contributed by atoms with van der Waals surface area (Å²) in [5.41, 5.74) is 0.836. The predicted molar refractivity (Wildman–Crippen MR) is 74.4 cm³/mol. The van der Waals surface area contributed by atoms with Crippen LogP contribution in [0.1, 0.15) is 28.9 Å². The van der Waals surface area contributed by atoms with Crippen LogP contribution in [0.5, 0.6) is 0 Å². The average Bonchev–Trinajstić information content (AvgIpc) is 2.46. The first kappa shape index (κ1) is 17.9. The summed E-state index contributed by atoms with van der Waals surface area (Å²) in [5, 5.41) is 1.84. The van der Waals surface area contributed by atoms with Gasteiger partial charge in [0.05, 0.1) is 12.6 Å². The van der Waals surface area contributed by atoms with E-state index in [-0.39, 0.29) is 19.0 Å². The second-order valence-electron chi connectivity index (χ2n) is 4.54. The first-order chi connectivity index (χ1) is 10.3. The quantitative estimate of drug-likeness (QED) is 0.478. The third-order valence-electron chi connectivity index (χ3n) is 2.81. The molecule has 1 aromatic carbocycles. The minimum atomic E-state index is -4.92. The Morgan fingerprint density at radius 2 is 1.91 bits per heavy atom. The molecule has 22 heavy (non-hydrogen) atoms. The predicted octanol–water partition coefficient (Wildman–Crippen LogP) is 2.81. The maximum absolute atomic E-state index is 12.2. The molecule has 0 aliphatic carbocycles. The molecule has 4 nitrogen and oxygen atoms in total. The number of hydrogen-bond donors (Lipinski definition) is 1. The van der Waals surface area contributed by atoms with Crippen molar-refractivity contribution in [3.63, 3.8) is 0 Å². The second-order valence-corrected chi connectivity index (χ2v) is 4.54. The number of amides is 1. The first-order valence-electron chi connectivity index (χ1n) is 6.45. The van der Waals surface area contributed by atoms with Crippen LogP contribution in [0.4, 0.5) is 13.2 Å². The lowest BCUT2D eigenvalue weighted by Gasteiger charge is -2.15. The van der Waals surface area contributed by atoms with E-state index >= 15 is 0 Å². The van der Waals surface area contributed by atoms with Gasteiger partial charge in [0.15, 0.2) is 5.78 Å². The van der Waals surface area contributed by atoms with Crippen molar-refractivity contribution in [1.29, 1.82) is 0 Å². The van der Waals surface area contributed by atoms with Crippen molar-refractivity contribution in [2.75, 3.05) is 13.2 Å². The summed E-state index contributed by atoms with van der Waals surface area (Å²) in [6, 6.07) is 5.11. The van der Waals surface area contributed by atoms with E-state index in [9.17, 15) is 22.8 Å². The lowest BCUT2D eigenvalue weighted by atomic mass is 10.0. The van der Waals surface area contributed by atoms with E-state index in [1.165, 1.54) is 37.3 Å². The van der Waals surface area contributed by atoms with Crippen LogP contribution in [-0.2, 0) is 9.53 Å². The maximum Gasteiger partial charge on any atom is 0.471 e. The zero-order valence-electron chi connectivity index (χ0n) is 11.9. The van der Waals surface area contributed by atoms with Gasteiger partial charge in [-0.1, -0.05) is 30.3 Å². The molecule has 0 fully saturated rings. The molecule has 1 aromatic rings. The number of carbonyl (C=O) groups excluding carboxylic acids is 2. The summed E-state index contributed by atoms with van der Waals surface area (Å²) in [4.78, 5) is 22.6. The summed E-state index contributed by atoms with van der Waals surface area (Å²) in [6.45, 7) is 5.02. The minimum absolute atomic E-state index is 0.105. The Hall–Kier alpha value is -2.15. The molecular weight excluding hydrogens is 299 g/mol. The van der Waals surface area contributed by atoms with Crippen LogP contribution in [0.15, 0.2) is 36.9 Å². The molecule has 0 bridgehead atoms. The van der Waals surface area contributed by atoms with Crippen LogP contribution >= 0.6 is 0 Å².